The number of carbonyl (C=O) groups is 1. The highest BCUT2D eigenvalue weighted by Gasteiger charge is 2.30. The lowest BCUT2D eigenvalue weighted by atomic mass is 10.1. The average molecular weight is 436 g/mol. The first-order chi connectivity index (χ1) is 14.2. The van der Waals surface area contributed by atoms with Gasteiger partial charge in [-0.2, -0.15) is 0 Å². The fourth-order valence-electron chi connectivity index (χ4n) is 3.12. The van der Waals surface area contributed by atoms with Crippen LogP contribution < -0.4 is 4.90 Å². The number of benzene rings is 2. The standard InChI is InChI=1S/C17H14ClN5O7/c18-16-14(22(27)28)9-11(10-15(16)23(29)30)17(24)20-7-5-19(6-8-20)12-1-3-13(4-2-12)21(25)26/h1-4,9-10H,5-8H2. The molecule has 1 aliphatic rings. The van der Waals surface area contributed by atoms with Crippen LogP contribution in [0.25, 0.3) is 0 Å². The van der Waals surface area contributed by atoms with Gasteiger partial charge in [0.2, 0.25) is 0 Å². The Morgan fingerprint density at radius 3 is 1.77 bits per heavy atom. The topological polar surface area (TPSA) is 153 Å². The zero-order valence-electron chi connectivity index (χ0n) is 15.3. The molecular weight excluding hydrogens is 422 g/mol. The summed E-state index contributed by atoms with van der Waals surface area (Å²) in [6.45, 7) is 1.36. The molecule has 0 bridgehead atoms. The molecule has 0 radical (unpaired) electrons. The maximum atomic E-state index is 12.8. The predicted octanol–water partition coefficient (Wildman–Crippen LogP) is 3.03. The normalized spacial score (nSPS) is 13.8. The van der Waals surface area contributed by atoms with E-state index in [-0.39, 0.29) is 24.3 Å². The smallest absolute Gasteiger partial charge is 0.295 e. The molecule has 3 rings (SSSR count). The third kappa shape index (κ3) is 4.12. The zero-order valence-corrected chi connectivity index (χ0v) is 16.0. The van der Waals surface area contributed by atoms with Crippen molar-refractivity contribution >= 4 is 40.3 Å². The fourth-order valence-corrected chi connectivity index (χ4v) is 3.37. The molecule has 1 saturated heterocycles. The molecule has 0 aromatic heterocycles. The van der Waals surface area contributed by atoms with Gasteiger partial charge in [-0.15, -0.1) is 0 Å². The number of anilines is 1. The third-order valence-corrected chi connectivity index (χ3v) is 5.05. The van der Waals surface area contributed by atoms with Gasteiger partial charge in [-0.05, 0) is 12.1 Å². The fraction of sp³-hybridized carbons (Fsp3) is 0.235. The van der Waals surface area contributed by atoms with Crippen molar-refractivity contribution in [3.05, 3.63) is 77.3 Å². The molecule has 0 spiro atoms. The Hall–Kier alpha value is -3.80. The number of carbonyl (C=O) groups excluding carboxylic acids is 1. The number of hydrogen-bond acceptors (Lipinski definition) is 8. The first-order valence-corrected chi connectivity index (χ1v) is 8.98. The Labute approximate surface area is 173 Å². The Bertz CT molecular complexity index is 1000. The van der Waals surface area contributed by atoms with Gasteiger partial charge >= 0.3 is 0 Å². The number of hydrogen-bond donors (Lipinski definition) is 0. The Morgan fingerprint density at radius 1 is 0.833 bits per heavy atom. The van der Waals surface area contributed by atoms with Crippen molar-refractivity contribution in [3.63, 3.8) is 0 Å². The number of rotatable bonds is 5. The predicted molar refractivity (Wildman–Crippen MR) is 106 cm³/mol. The maximum Gasteiger partial charge on any atom is 0.295 e. The van der Waals surface area contributed by atoms with Crippen LogP contribution in [0, 0.1) is 30.3 Å². The molecule has 156 valence electrons. The van der Waals surface area contributed by atoms with E-state index in [0.717, 1.165) is 17.8 Å². The van der Waals surface area contributed by atoms with Crippen LogP contribution >= 0.6 is 11.6 Å². The van der Waals surface area contributed by atoms with Crippen molar-refractivity contribution in [2.75, 3.05) is 31.1 Å². The van der Waals surface area contributed by atoms with E-state index in [1.165, 1.54) is 17.0 Å². The Morgan fingerprint density at radius 2 is 1.33 bits per heavy atom. The van der Waals surface area contributed by atoms with Crippen molar-refractivity contribution < 1.29 is 19.6 Å². The lowest BCUT2D eigenvalue weighted by molar-refractivity contribution is -0.393. The second-order valence-corrected chi connectivity index (χ2v) is 6.77. The molecule has 0 saturated carbocycles. The maximum absolute atomic E-state index is 12.8. The average Bonchev–Trinajstić information content (AvgIpc) is 2.73. The molecule has 2 aromatic rings. The minimum Gasteiger partial charge on any atom is -0.368 e. The minimum absolute atomic E-state index is 0.0292. The van der Waals surface area contributed by atoms with Crippen LogP contribution in [-0.4, -0.2) is 51.8 Å². The van der Waals surface area contributed by atoms with Crippen LogP contribution in [0.15, 0.2) is 36.4 Å². The molecule has 0 aliphatic carbocycles. The van der Waals surface area contributed by atoms with Gasteiger partial charge < -0.3 is 9.80 Å². The van der Waals surface area contributed by atoms with Gasteiger partial charge in [-0.1, -0.05) is 11.6 Å². The molecule has 13 heteroatoms. The highest BCUT2D eigenvalue weighted by molar-refractivity contribution is 6.35. The molecule has 1 aliphatic heterocycles. The van der Waals surface area contributed by atoms with Crippen molar-refractivity contribution in [2.24, 2.45) is 0 Å². The molecule has 30 heavy (non-hydrogen) atoms. The van der Waals surface area contributed by atoms with E-state index < -0.39 is 37.1 Å². The molecule has 1 fully saturated rings. The number of nitro groups is 3. The summed E-state index contributed by atoms with van der Waals surface area (Å²) in [4.78, 5) is 46.9. The van der Waals surface area contributed by atoms with E-state index in [9.17, 15) is 35.1 Å². The van der Waals surface area contributed by atoms with Crippen molar-refractivity contribution in [1.82, 2.24) is 4.90 Å². The number of non-ortho nitro benzene ring substituents is 1. The van der Waals surface area contributed by atoms with E-state index in [1.807, 2.05) is 4.90 Å². The molecule has 12 nitrogen and oxygen atoms in total. The SMILES string of the molecule is O=C(c1cc([N+](=O)[O-])c(Cl)c([N+](=O)[O-])c1)N1CCN(c2ccc([N+](=O)[O-])cc2)CC1. The van der Waals surface area contributed by atoms with E-state index >= 15 is 0 Å². The minimum atomic E-state index is -0.876. The molecule has 0 unspecified atom stereocenters. The van der Waals surface area contributed by atoms with Gasteiger partial charge in [0, 0.05) is 56.1 Å². The van der Waals surface area contributed by atoms with E-state index in [4.69, 9.17) is 11.6 Å². The van der Waals surface area contributed by atoms with Gasteiger partial charge in [-0.3, -0.25) is 35.1 Å². The van der Waals surface area contributed by atoms with Crippen LogP contribution in [0.4, 0.5) is 22.7 Å². The van der Waals surface area contributed by atoms with Gasteiger partial charge in [0.25, 0.3) is 23.0 Å². The van der Waals surface area contributed by atoms with Gasteiger partial charge in [0.1, 0.15) is 0 Å². The van der Waals surface area contributed by atoms with Crippen LogP contribution in [0.1, 0.15) is 10.4 Å². The highest BCUT2D eigenvalue weighted by atomic mass is 35.5. The lowest BCUT2D eigenvalue weighted by Crippen LogP contribution is -2.48. The summed E-state index contributed by atoms with van der Waals surface area (Å²) in [5.41, 5.74) is -0.886. The van der Waals surface area contributed by atoms with Crippen molar-refractivity contribution in [3.8, 4) is 0 Å². The Kier molecular flexibility index (Phi) is 5.78. The number of nitro benzene ring substituents is 3. The molecule has 2 aromatic carbocycles. The van der Waals surface area contributed by atoms with Crippen molar-refractivity contribution in [1.29, 1.82) is 0 Å². The number of amides is 1. The molecule has 0 atom stereocenters. The van der Waals surface area contributed by atoms with Crippen LogP contribution in [0.3, 0.4) is 0 Å². The van der Waals surface area contributed by atoms with Gasteiger partial charge in [0.05, 0.1) is 20.3 Å². The first kappa shape index (κ1) is 20.9. The van der Waals surface area contributed by atoms with E-state index in [1.54, 1.807) is 12.1 Å². The Balaban J connectivity index is 1.76. The second kappa shape index (κ2) is 8.29. The monoisotopic (exact) mass is 435 g/mol. The molecule has 1 heterocycles. The zero-order chi connectivity index (χ0) is 22.0. The van der Waals surface area contributed by atoms with Crippen LogP contribution in [0.2, 0.25) is 5.02 Å². The number of halogens is 1. The summed E-state index contributed by atoms with van der Waals surface area (Å²) in [6.07, 6.45) is 0. The summed E-state index contributed by atoms with van der Waals surface area (Å²) < 4.78 is 0. The van der Waals surface area contributed by atoms with Crippen LogP contribution in [0.5, 0.6) is 0 Å². The van der Waals surface area contributed by atoms with E-state index in [0.29, 0.717) is 13.1 Å². The summed E-state index contributed by atoms with van der Waals surface area (Å²) in [6, 6.07) is 7.86. The van der Waals surface area contributed by atoms with Gasteiger partial charge in [-0.25, -0.2) is 0 Å². The number of nitrogens with zero attached hydrogens (tertiary/aromatic N) is 5. The summed E-state index contributed by atoms with van der Waals surface area (Å²) in [5.74, 6) is -0.582. The van der Waals surface area contributed by atoms with Crippen molar-refractivity contribution in [2.45, 2.75) is 0 Å². The van der Waals surface area contributed by atoms with Crippen LogP contribution in [-0.2, 0) is 0 Å². The largest absolute Gasteiger partial charge is 0.368 e. The highest BCUT2D eigenvalue weighted by Crippen LogP contribution is 2.35. The second-order valence-electron chi connectivity index (χ2n) is 6.40. The summed E-state index contributed by atoms with van der Waals surface area (Å²) >= 11 is 5.72. The van der Waals surface area contributed by atoms with Gasteiger partial charge in [0.15, 0.2) is 5.02 Å². The van der Waals surface area contributed by atoms with E-state index in [2.05, 4.69) is 0 Å². The molecule has 1 amide bonds. The first-order valence-electron chi connectivity index (χ1n) is 8.60. The molecule has 0 N–H and O–H groups in total. The third-order valence-electron chi connectivity index (χ3n) is 4.67. The summed E-state index contributed by atoms with van der Waals surface area (Å²) in [5, 5.41) is 32.4. The summed E-state index contributed by atoms with van der Waals surface area (Å²) in [7, 11) is 0. The lowest BCUT2D eigenvalue weighted by Gasteiger charge is -2.36. The molecular formula is C17H14ClN5O7. The number of piperazine rings is 1. The quantitative estimate of drug-likeness (QED) is 0.512.